The molecule has 0 aromatic carbocycles. The van der Waals surface area contributed by atoms with Gasteiger partial charge >= 0.3 is 5.97 Å². The number of nitrogens with zero attached hydrogens (tertiary/aromatic N) is 2. The first-order valence-corrected chi connectivity index (χ1v) is 8.18. The molecule has 2 heterocycles. The maximum atomic E-state index is 11.6. The van der Waals surface area contributed by atoms with Crippen LogP contribution < -0.4 is 0 Å². The number of aromatic nitrogens is 1. The topological polar surface area (TPSA) is 101 Å². The third kappa shape index (κ3) is 3.57. The van der Waals surface area contributed by atoms with Crippen molar-refractivity contribution >= 4 is 15.8 Å². The summed E-state index contributed by atoms with van der Waals surface area (Å²) in [5.74, 6) is 0.130. The summed E-state index contributed by atoms with van der Waals surface area (Å²) in [7, 11) is -3.16. The van der Waals surface area contributed by atoms with E-state index in [0.717, 1.165) is 11.5 Å². The molecule has 1 aliphatic rings. The van der Waals surface area contributed by atoms with Crippen LogP contribution in [0, 0.1) is 13.8 Å². The average Bonchev–Trinajstić information content (AvgIpc) is 2.61. The zero-order valence-electron chi connectivity index (χ0n) is 11.5. The highest BCUT2D eigenvalue weighted by molar-refractivity contribution is 7.91. The van der Waals surface area contributed by atoms with Crippen LogP contribution in [0.1, 0.15) is 23.8 Å². The Bertz CT molecular complexity index is 588. The number of rotatable bonds is 4. The molecule has 1 saturated heterocycles. The summed E-state index contributed by atoms with van der Waals surface area (Å²) >= 11 is 0. The number of hydrogen-bond donors (Lipinski definition) is 1. The number of sulfone groups is 1. The number of carboxylic acid groups (broad SMARTS) is 1. The molecule has 0 bridgehead atoms. The Morgan fingerprint density at radius 3 is 2.75 bits per heavy atom. The highest BCUT2D eigenvalue weighted by Crippen LogP contribution is 2.19. The lowest BCUT2D eigenvalue weighted by Gasteiger charge is -2.33. The fraction of sp³-hybridized carbons (Fsp3) is 0.667. The fourth-order valence-corrected chi connectivity index (χ4v) is 3.89. The molecule has 1 unspecified atom stereocenters. The van der Waals surface area contributed by atoms with Crippen LogP contribution in [-0.4, -0.2) is 53.5 Å². The molecule has 20 heavy (non-hydrogen) atoms. The molecular weight excluding hydrogens is 284 g/mol. The first-order valence-electron chi connectivity index (χ1n) is 6.36. The van der Waals surface area contributed by atoms with Crippen LogP contribution in [0.4, 0.5) is 0 Å². The summed E-state index contributed by atoms with van der Waals surface area (Å²) in [5.41, 5.74) is 0.791. The zero-order chi connectivity index (χ0) is 14.9. The standard InChI is InChI=1S/C12H18N2O5S/c1-8-9(2)19-11(13-8)6-14-3-4-20(17,18)7-10(14)5-12(15)16/h10H,3-7H2,1-2H3,(H,15,16). The van der Waals surface area contributed by atoms with Gasteiger partial charge in [-0.15, -0.1) is 0 Å². The number of aryl methyl sites for hydroxylation is 2. The summed E-state index contributed by atoms with van der Waals surface area (Å²) < 4.78 is 28.8. The van der Waals surface area contributed by atoms with Crippen LogP contribution >= 0.6 is 0 Å². The lowest BCUT2D eigenvalue weighted by Crippen LogP contribution is -2.48. The number of oxazole rings is 1. The number of hydrogen-bond acceptors (Lipinski definition) is 6. The Kier molecular flexibility index (Phi) is 4.14. The smallest absolute Gasteiger partial charge is 0.304 e. The second-order valence-corrected chi connectivity index (χ2v) is 7.31. The quantitative estimate of drug-likeness (QED) is 0.857. The van der Waals surface area contributed by atoms with Crippen molar-refractivity contribution < 1.29 is 22.7 Å². The molecule has 0 amide bonds. The van der Waals surface area contributed by atoms with Crippen molar-refractivity contribution in [1.29, 1.82) is 0 Å². The molecule has 1 aliphatic heterocycles. The van der Waals surface area contributed by atoms with Gasteiger partial charge in [0, 0.05) is 12.6 Å². The molecule has 0 aliphatic carbocycles. The lowest BCUT2D eigenvalue weighted by molar-refractivity contribution is -0.138. The molecule has 7 nitrogen and oxygen atoms in total. The third-order valence-corrected chi connectivity index (χ3v) is 5.17. The molecule has 0 radical (unpaired) electrons. The molecule has 1 aromatic heterocycles. The predicted octanol–water partition coefficient (Wildman–Crippen LogP) is 0.365. The maximum Gasteiger partial charge on any atom is 0.304 e. The van der Waals surface area contributed by atoms with Crippen molar-refractivity contribution in [2.45, 2.75) is 32.9 Å². The zero-order valence-corrected chi connectivity index (χ0v) is 12.3. The van der Waals surface area contributed by atoms with Gasteiger partial charge in [-0.05, 0) is 13.8 Å². The van der Waals surface area contributed by atoms with Gasteiger partial charge in [-0.25, -0.2) is 13.4 Å². The number of carbonyl (C=O) groups is 1. The Morgan fingerprint density at radius 1 is 1.50 bits per heavy atom. The molecule has 112 valence electrons. The Labute approximate surface area is 117 Å². The van der Waals surface area contributed by atoms with Crippen molar-refractivity contribution in [3.05, 3.63) is 17.3 Å². The summed E-state index contributed by atoms with van der Waals surface area (Å²) in [6.07, 6.45) is -0.197. The predicted molar refractivity (Wildman–Crippen MR) is 71.1 cm³/mol. The van der Waals surface area contributed by atoms with Gasteiger partial charge in [-0.2, -0.15) is 0 Å². The Balaban J connectivity index is 2.13. The van der Waals surface area contributed by atoms with E-state index in [4.69, 9.17) is 9.52 Å². The maximum absolute atomic E-state index is 11.6. The normalized spacial score (nSPS) is 22.8. The molecule has 0 saturated carbocycles. The van der Waals surface area contributed by atoms with Gasteiger partial charge in [0.1, 0.15) is 5.76 Å². The molecule has 1 fully saturated rings. The highest BCUT2D eigenvalue weighted by atomic mass is 32.2. The first kappa shape index (κ1) is 15.0. The van der Waals surface area contributed by atoms with Gasteiger partial charge in [-0.1, -0.05) is 0 Å². The van der Waals surface area contributed by atoms with Gasteiger partial charge in [0.25, 0.3) is 0 Å². The highest BCUT2D eigenvalue weighted by Gasteiger charge is 2.33. The molecule has 0 spiro atoms. The Morgan fingerprint density at radius 2 is 2.20 bits per heavy atom. The average molecular weight is 302 g/mol. The van der Waals surface area contributed by atoms with E-state index in [1.807, 2.05) is 11.8 Å². The minimum Gasteiger partial charge on any atom is -0.481 e. The van der Waals surface area contributed by atoms with Crippen LogP contribution in [0.25, 0.3) is 0 Å². The second-order valence-electron chi connectivity index (χ2n) is 5.09. The van der Waals surface area contributed by atoms with Crippen LogP contribution in [0.5, 0.6) is 0 Å². The van der Waals surface area contributed by atoms with Gasteiger partial charge in [0.05, 0.1) is 30.2 Å². The Hall–Kier alpha value is -1.41. The largest absolute Gasteiger partial charge is 0.481 e. The van der Waals surface area contributed by atoms with Gasteiger partial charge < -0.3 is 9.52 Å². The minimum absolute atomic E-state index is 0.0434. The van der Waals surface area contributed by atoms with E-state index in [1.165, 1.54) is 0 Å². The molecule has 2 rings (SSSR count). The van der Waals surface area contributed by atoms with Crippen molar-refractivity contribution in [2.24, 2.45) is 0 Å². The van der Waals surface area contributed by atoms with E-state index in [9.17, 15) is 13.2 Å². The molecule has 1 atom stereocenters. The SMILES string of the molecule is Cc1nc(CN2CCS(=O)(=O)CC2CC(=O)O)oc1C. The second kappa shape index (κ2) is 5.53. The van der Waals surface area contributed by atoms with Crippen molar-refractivity contribution in [2.75, 3.05) is 18.1 Å². The fourth-order valence-electron chi connectivity index (χ4n) is 2.30. The van der Waals surface area contributed by atoms with Gasteiger partial charge in [0.15, 0.2) is 9.84 Å². The molecule has 1 aromatic rings. The van der Waals surface area contributed by atoms with E-state index >= 15 is 0 Å². The van der Waals surface area contributed by atoms with Crippen molar-refractivity contribution in [3.63, 3.8) is 0 Å². The van der Waals surface area contributed by atoms with E-state index in [2.05, 4.69) is 4.98 Å². The van der Waals surface area contributed by atoms with Crippen LogP contribution in [0.2, 0.25) is 0 Å². The lowest BCUT2D eigenvalue weighted by atomic mass is 10.2. The van der Waals surface area contributed by atoms with Gasteiger partial charge in [-0.3, -0.25) is 9.69 Å². The third-order valence-electron chi connectivity index (χ3n) is 3.47. The molecule has 8 heteroatoms. The molecular formula is C12H18N2O5S. The van der Waals surface area contributed by atoms with E-state index in [1.54, 1.807) is 6.92 Å². The summed E-state index contributed by atoms with van der Waals surface area (Å²) in [6.45, 7) is 4.28. The monoisotopic (exact) mass is 302 g/mol. The van der Waals surface area contributed by atoms with Gasteiger partial charge in [0.2, 0.25) is 5.89 Å². The minimum atomic E-state index is -3.16. The summed E-state index contributed by atoms with van der Waals surface area (Å²) in [6, 6.07) is -0.529. The number of carboxylic acids is 1. The van der Waals surface area contributed by atoms with Crippen LogP contribution in [0.15, 0.2) is 4.42 Å². The van der Waals surface area contributed by atoms with E-state index in [0.29, 0.717) is 19.0 Å². The van der Waals surface area contributed by atoms with Crippen molar-refractivity contribution in [3.8, 4) is 0 Å². The summed E-state index contributed by atoms with van der Waals surface area (Å²) in [4.78, 5) is 16.9. The van der Waals surface area contributed by atoms with Crippen molar-refractivity contribution in [1.82, 2.24) is 9.88 Å². The summed E-state index contributed by atoms with van der Waals surface area (Å²) in [5, 5.41) is 8.91. The van der Waals surface area contributed by atoms with E-state index < -0.39 is 21.8 Å². The van der Waals surface area contributed by atoms with E-state index in [-0.39, 0.29) is 17.9 Å². The van der Waals surface area contributed by atoms with Crippen LogP contribution in [-0.2, 0) is 21.2 Å². The molecule has 1 N–H and O–H groups in total. The number of aliphatic carboxylic acids is 1. The van der Waals surface area contributed by atoms with Crippen LogP contribution in [0.3, 0.4) is 0 Å². The first-order chi connectivity index (χ1) is 9.27.